The summed E-state index contributed by atoms with van der Waals surface area (Å²) in [5.74, 6) is -6.69. The highest BCUT2D eigenvalue weighted by Gasteiger charge is 2.28. The van der Waals surface area contributed by atoms with Gasteiger partial charge in [-0.1, -0.05) is 30.3 Å². The van der Waals surface area contributed by atoms with Gasteiger partial charge in [0, 0.05) is 37.3 Å². The molecule has 0 aliphatic heterocycles. The van der Waals surface area contributed by atoms with Crippen molar-refractivity contribution in [1.82, 2.24) is 14.7 Å². The minimum atomic E-state index is -1.35. The second kappa shape index (κ2) is 21.7. The number of para-hydroxylation sites is 1. The highest BCUT2D eigenvalue weighted by Crippen LogP contribution is 2.29. The molecule has 18 heteroatoms. The number of amides is 1. The maximum atomic E-state index is 12.8. The average Bonchev–Trinajstić information content (AvgIpc) is 3.04. The Morgan fingerprint density at radius 2 is 1.25 bits per heavy atom. The van der Waals surface area contributed by atoms with Crippen LogP contribution in [0, 0.1) is 0 Å². The molecule has 2 unspecified atom stereocenters. The first-order chi connectivity index (χ1) is 24.5. The molecule has 0 fully saturated rings. The van der Waals surface area contributed by atoms with Gasteiger partial charge in [0.1, 0.15) is 18.1 Å². The molecule has 2 aromatic carbocycles. The summed E-state index contributed by atoms with van der Waals surface area (Å²) in [5.41, 5.74) is 7.86. The standard InChI is InChI=1S/C34H45N5O13/c1-22(40)5-4-7-27(35)34(51)36-28-8-3-2-6-26(28)23-9-11-25(12-10-23)52-21-24(39(19-32(47)48)20-33(49)50)15-37(16-29(41)42)13-14-38(17-30(43)44)18-31(45)46/h2-3,6,8-12,24,27H,4-5,7,13-21,35H2,1H3,(H,36,51)(H,41,42)(H,43,44)(H,45,46)(H,47,48)(H,49,50). The summed E-state index contributed by atoms with van der Waals surface area (Å²) in [6, 6.07) is 11.8. The van der Waals surface area contributed by atoms with Gasteiger partial charge in [0.2, 0.25) is 5.91 Å². The second-order valence-electron chi connectivity index (χ2n) is 12.0. The summed E-state index contributed by atoms with van der Waals surface area (Å²) in [6.45, 7) is -2.71. The van der Waals surface area contributed by atoms with E-state index < -0.39 is 80.6 Å². The number of anilines is 1. The zero-order valence-corrected chi connectivity index (χ0v) is 28.7. The molecule has 2 aromatic rings. The van der Waals surface area contributed by atoms with E-state index in [0.717, 1.165) is 9.80 Å². The van der Waals surface area contributed by atoms with Crippen molar-refractivity contribution in [3.8, 4) is 16.9 Å². The summed E-state index contributed by atoms with van der Waals surface area (Å²) in [6.07, 6.45) is 1.14. The molecule has 0 aromatic heterocycles. The lowest BCUT2D eigenvalue weighted by atomic mass is 10.0. The van der Waals surface area contributed by atoms with Crippen LogP contribution in [0.1, 0.15) is 26.2 Å². The van der Waals surface area contributed by atoms with Crippen molar-refractivity contribution in [2.24, 2.45) is 5.73 Å². The Balaban J connectivity index is 2.27. The van der Waals surface area contributed by atoms with Crippen LogP contribution in [0.2, 0.25) is 0 Å². The minimum Gasteiger partial charge on any atom is -0.492 e. The van der Waals surface area contributed by atoms with E-state index in [1.165, 1.54) is 11.8 Å². The Morgan fingerprint density at radius 1 is 0.731 bits per heavy atom. The van der Waals surface area contributed by atoms with E-state index in [0.29, 0.717) is 41.8 Å². The summed E-state index contributed by atoms with van der Waals surface area (Å²) in [5, 5.41) is 49.7. The van der Waals surface area contributed by atoms with Crippen molar-refractivity contribution in [3.05, 3.63) is 48.5 Å². The molecule has 1 amide bonds. The number of nitrogens with one attached hydrogen (secondary N) is 1. The van der Waals surface area contributed by atoms with Gasteiger partial charge in [-0.3, -0.25) is 43.5 Å². The lowest BCUT2D eigenvalue weighted by Gasteiger charge is -2.34. The first-order valence-corrected chi connectivity index (χ1v) is 16.2. The molecule has 0 heterocycles. The van der Waals surface area contributed by atoms with Gasteiger partial charge in [-0.25, -0.2) is 0 Å². The van der Waals surface area contributed by atoms with Crippen molar-refractivity contribution in [1.29, 1.82) is 0 Å². The molecule has 8 N–H and O–H groups in total. The lowest BCUT2D eigenvalue weighted by Crippen LogP contribution is -2.52. The van der Waals surface area contributed by atoms with Gasteiger partial charge >= 0.3 is 29.8 Å². The Kier molecular flexibility index (Phi) is 17.8. The van der Waals surface area contributed by atoms with E-state index in [-0.39, 0.29) is 32.0 Å². The van der Waals surface area contributed by atoms with E-state index in [9.17, 15) is 48.9 Å². The Morgan fingerprint density at radius 3 is 1.79 bits per heavy atom. The molecule has 0 bridgehead atoms. The number of hydrogen-bond donors (Lipinski definition) is 7. The molecule has 2 rings (SSSR count). The van der Waals surface area contributed by atoms with Crippen LogP contribution in [-0.2, 0) is 33.6 Å². The number of carboxylic acids is 5. The van der Waals surface area contributed by atoms with Crippen LogP contribution in [0.25, 0.3) is 11.1 Å². The number of benzene rings is 2. The molecule has 0 aliphatic carbocycles. The van der Waals surface area contributed by atoms with Crippen molar-refractivity contribution >= 4 is 47.2 Å². The molecule has 0 aliphatic rings. The minimum absolute atomic E-state index is 0.00916. The van der Waals surface area contributed by atoms with Crippen LogP contribution in [0.5, 0.6) is 5.75 Å². The van der Waals surface area contributed by atoms with E-state index in [4.69, 9.17) is 20.7 Å². The largest absolute Gasteiger partial charge is 0.492 e. The molecule has 284 valence electrons. The molecular formula is C34H45N5O13. The quantitative estimate of drug-likeness (QED) is 0.0692. The fourth-order valence-corrected chi connectivity index (χ4v) is 5.23. The number of aliphatic carboxylic acids is 5. The number of carbonyl (C=O) groups excluding carboxylic acids is 2. The highest BCUT2D eigenvalue weighted by atomic mass is 16.5. The first kappa shape index (κ1) is 42.7. The van der Waals surface area contributed by atoms with E-state index in [2.05, 4.69) is 5.32 Å². The fraction of sp³-hybridized carbons (Fsp3) is 0.441. The number of Topliss-reactive ketones (excluding diaryl/α,β-unsaturated/α-hetero) is 1. The normalized spacial score (nSPS) is 12.3. The Bertz CT molecular complexity index is 1520. The Hall–Kier alpha value is -5.43. The summed E-state index contributed by atoms with van der Waals surface area (Å²) in [7, 11) is 0. The zero-order valence-electron chi connectivity index (χ0n) is 28.7. The van der Waals surface area contributed by atoms with E-state index in [1.54, 1.807) is 48.5 Å². The van der Waals surface area contributed by atoms with Gasteiger partial charge in [0.05, 0.1) is 44.8 Å². The summed E-state index contributed by atoms with van der Waals surface area (Å²) in [4.78, 5) is 85.0. The number of rotatable bonds is 26. The Labute approximate surface area is 299 Å². The molecule has 0 spiro atoms. The third-order valence-electron chi connectivity index (χ3n) is 7.64. The number of carboxylic acid groups (broad SMARTS) is 5. The van der Waals surface area contributed by atoms with Crippen LogP contribution >= 0.6 is 0 Å². The maximum Gasteiger partial charge on any atom is 0.317 e. The topological polar surface area (TPSA) is 278 Å². The van der Waals surface area contributed by atoms with E-state index >= 15 is 0 Å². The third kappa shape index (κ3) is 16.5. The zero-order chi connectivity index (χ0) is 38.8. The van der Waals surface area contributed by atoms with Gasteiger partial charge in [-0.05, 0) is 43.5 Å². The fourth-order valence-electron chi connectivity index (χ4n) is 5.23. The lowest BCUT2D eigenvalue weighted by molar-refractivity contribution is -0.145. The van der Waals surface area contributed by atoms with E-state index in [1.807, 2.05) is 0 Å². The number of hydrogen-bond acceptors (Lipinski definition) is 12. The number of nitrogens with two attached hydrogens (primary N) is 1. The first-order valence-electron chi connectivity index (χ1n) is 16.2. The number of ketones is 1. The van der Waals surface area contributed by atoms with Gasteiger partial charge in [0.25, 0.3) is 0 Å². The molecule has 0 saturated carbocycles. The predicted octanol–water partition coefficient (Wildman–Crippen LogP) is 0.455. The molecule has 18 nitrogen and oxygen atoms in total. The highest BCUT2D eigenvalue weighted by molar-refractivity contribution is 5.98. The van der Waals surface area contributed by atoms with Crippen LogP contribution in [-0.4, -0.2) is 153 Å². The van der Waals surface area contributed by atoms with Crippen LogP contribution in [0.15, 0.2) is 48.5 Å². The van der Waals surface area contributed by atoms with Crippen LogP contribution < -0.4 is 15.8 Å². The molecule has 52 heavy (non-hydrogen) atoms. The number of carbonyl (C=O) groups is 7. The average molecular weight is 732 g/mol. The van der Waals surface area contributed by atoms with Gasteiger partial charge in [-0.15, -0.1) is 0 Å². The second-order valence-corrected chi connectivity index (χ2v) is 12.0. The van der Waals surface area contributed by atoms with Gasteiger partial charge in [0.15, 0.2) is 0 Å². The van der Waals surface area contributed by atoms with Crippen molar-refractivity contribution in [2.45, 2.75) is 38.3 Å². The maximum absolute atomic E-state index is 12.8. The number of ether oxygens (including phenoxy) is 1. The van der Waals surface area contributed by atoms with Gasteiger partial charge < -0.3 is 46.1 Å². The van der Waals surface area contributed by atoms with Crippen LogP contribution in [0.4, 0.5) is 5.69 Å². The molecule has 0 radical (unpaired) electrons. The molecule has 0 saturated heterocycles. The van der Waals surface area contributed by atoms with Crippen molar-refractivity contribution in [2.75, 3.05) is 64.3 Å². The monoisotopic (exact) mass is 731 g/mol. The van der Waals surface area contributed by atoms with Crippen molar-refractivity contribution in [3.63, 3.8) is 0 Å². The number of nitrogens with zero attached hydrogens (tertiary/aromatic N) is 3. The smallest absolute Gasteiger partial charge is 0.317 e. The molecule has 2 atom stereocenters. The van der Waals surface area contributed by atoms with Crippen molar-refractivity contribution < 1.29 is 63.8 Å². The van der Waals surface area contributed by atoms with Crippen LogP contribution in [0.3, 0.4) is 0 Å². The SMILES string of the molecule is CC(=O)CCCC(N)C(=O)Nc1ccccc1-c1ccc(OCC(CN(CCN(CC(=O)O)CC(=O)O)CC(=O)O)N(CC(=O)O)CC(=O)O)cc1. The summed E-state index contributed by atoms with van der Waals surface area (Å²) < 4.78 is 5.94. The summed E-state index contributed by atoms with van der Waals surface area (Å²) >= 11 is 0. The van der Waals surface area contributed by atoms with Gasteiger partial charge in [-0.2, -0.15) is 0 Å². The predicted molar refractivity (Wildman–Crippen MR) is 185 cm³/mol. The third-order valence-corrected chi connectivity index (χ3v) is 7.64. The molecular weight excluding hydrogens is 686 g/mol.